The molecule has 1 aromatic carbocycles. The quantitative estimate of drug-likeness (QED) is 0.658. The predicted molar refractivity (Wildman–Crippen MR) is 103 cm³/mol. The van der Waals surface area contributed by atoms with Crippen molar-refractivity contribution in [3.8, 4) is 0 Å². The second kappa shape index (κ2) is 8.83. The SMILES string of the molecule is CCNC(=NCc1nc(C)no1)N1CCC(c2ccccc2)C(CC)C1. The second-order valence-corrected chi connectivity index (χ2v) is 6.83. The van der Waals surface area contributed by atoms with Crippen LogP contribution < -0.4 is 5.32 Å². The molecule has 0 aliphatic carbocycles. The average Bonchev–Trinajstić information content (AvgIpc) is 3.10. The lowest BCUT2D eigenvalue weighted by Gasteiger charge is -2.40. The Kier molecular flexibility index (Phi) is 6.26. The largest absolute Gasteiger partial charge is 0.357 e. The van der Waals surface area contributed by atoms with E-state index >= 15 is 0 Å². The Balaban J connectivity index is 1.70. The van der Waals surface area contributed by atoms with Crippen molar-refractivity contribution in [3.05, 3.63) is 47.6 Å². The van der Waals surface area contributed by atoms with E-state index < -0.39 is 0 Å². The summed E-state index contributed by atoms with van der Waals surface area (Å²) >= 11 is 0. The van der Waals surface area contributed by atoms with Gasteiger partial charge in [-0.2, -0.15) is 4.98 Å². The van der Waals surface area contributed by atoms with Gasteiger partial charge >= 0.3 is 0 Å². The van der Waals surface area contributed by atoms with Crippen molar-refractivity contribution in [1.82, 2.24) is 20.4 Å². The summed E-state index contributed by atoms with van der Waals surface area (Å²) in [7, 11) is 0. The molecule has 1 saturated heterocycles. The summed E-state index contributed by atoms with van der Waals surface area (Å²) in [5.41, 5.74) is 1.46. The van der Waals surface area contributed by atoms with Crippen molar-refractivity contribution in [3.63, 3.8) is 0 Å². The molecule has 1 aromatic heterocycles. The summed E-state index contributed by atoms with van der Waals surface area (Å²) in [6.07, 6.45) is 2.31. The van der Waals surface area contributed by atoms with E-state index in [1.54, 1.807) is 0 Å². The van der Waals surface area contributed by atoms with Gasteiger partial charge in [-0.3, -0.25) is 0 Å². The summed E-state index contributed by atoms with van der Waals surface area (Å²) in [5, 5.41) is 7.25. The molecule has 6 heteroatoms. The zero-order chi connectivity index (χ0) is 18.4. The first-order valence-corrected chi connectivity index (χ1v) is 9.58. The van der Waals surface area contributed by atoms with Gasteiger partial charge in [-0.1, -0.05) is 48.8 Å². The first kappa shape index (κ1) is 18.4. The molecule has 0 amide bonds. The molecule has 2 atom stereocenters. The van der Waals surface area contributed by atoms with Crippen LogP contribution in [0.4, 0.5) is 0 Å². The number of nitrogens with one attached hydrogen (secondary N) is 1. The van der Waals surface area contributed by atoms with Crippen LogP contribution in [-0.4, -0.2) is 40.6 Å². The van der Waals surface area contributed by atoms with E-state index in [4.69, 9.17) is 9.52 Å². The molecule has 6 nitrogen and oxygen atoms in total. The summed E-state index contributed by atoms with van der Waals surface area (Å²) in [6.45, 7) is 9.49. The zero-order valence-corrected chi connectivity index (χ0v) is 16.0. The first-order chi connectivity index (χ1) is 12.7. The Morgan fingerprint density at radius 2 is 2.12 bits per heavy atom. The third-order valence-electron chi connectivity index (χ3n) is 5.05. The molecule has 1 fully saturated rings. The Bertz CT molecular complexity index is 712. The standard InChI is InChI=1S/C20H29N5O/c1-4-16-14-25(12-11-18(16)17-9-7-6-8-10-17)20(21-5-2)22-13-19-23-15(3)24-26-19/h6-10,16,18H,4-5,11-14H2,1-3H3,(H,21,22). The van der Waals surface area contributed by atoms with Crippen molar-refractivity contribution < 1.29 is 4.52 Å². The molecule has 2 aromatic rings. The molecule has 1 N–H and O–H groups in total. The minimum absolute atomic E-state index is 0.415. The van der Waals surface area contributed by atoms with Gasteiger partial charge in [0.05, 0.1) is 0 Å². The highest BCUT2D eigenvalue weighted by Crippen LogP contribution is 2.34. The van der Waals surface area contributed by atoms with Gasteiger partial charge < -0.3 is 14.7 Å². The second-order valence-electron chi connectivity index (χ2n) is 6.83. The first-order valence-electron chi connectivity index (χ1n) is 9.58. The minimum atomic E-state index is 0.415. The Hall–Kier alpha value is -2.37. The number of guanidine groups is 1. The van der Waals surface area contributed by atoms with Crippen molar-refractivity contribution in [1.29, 1.82) is 0 Å². The van der Waals surface area contributed by atoms with Gasteiger partial charge in [-0.25, -0.2) is 4.99 Å². The highest BCUT2D eigenvalue weighted by Gasteiger charge is 2.30. The van der Waals surface area contributed by atoms with E-state index in [0.29, 0.717) is 30.1 Å². The number of nitrogens with zero attached hydrogens (tertiary/aromatic N) is 4. The van der Waals surface area contributed by atoms with Gasteiger partial charge in [-0.05, 0) is 37.7 Å². The third kappa shape index (κ3) is 4.42. The maximum absolute atomic E-state index is 5.18. The predicted octanol–water partition coefficient (Wildman–Crippen LogP) is 3.36. The molecule has 1 aliphatic rings. The van der Waals surface area contributed by atoms with Gasteiger partial charge in [0.15, 0.2) is 11.8 Å². The van der Waals surface area contributed by atoms with Crippen LogP contribution in [0, 0.1) is 12.8 Å². The number of likely N-dealkylation sites (tertiary alicyclic amines) is 1. The lowest BCUT2D eigenvalue weighted by molar-refractivity contribution is 0.215. The number of hydrogen-bond donors (Lipinski definition) is 1. The van der Waals surface area contributed by atoms with E-state index in [1.807, 2.05) is 6.92 Å². The fourth-order valence-corrected chi connectivity index (χ4v) is 3.75. The molecule has 1 aliphatic heterocycles. The minimum Gasteiger partial charge on any atom is -0.357 e. The van der Waals surface area contributed by atoms with Gasteiger partial charge in [0.1, 0.15) is 6.54 Å². The number of aliphatic imine (C=N–C) groups is 1. The molecule has 3 rings (SSSR count). The molecule has 0 radical (unpaired) electrons. The summed E-state index contributed by atoms with van der Waals surface area (Å²) < 4.78 is 5.18. The van der Waals surface area contributed by atoms with Crippen molar-refractivity contribution in [2.24, 2.45) is 10.9 Å². The molecule has 2 unspecified atom stereocenters. The van der Waals surface area contributed by atoms with Gasteiger partial charge in [0, 0.05) is 19.6 Å². The maximum atomic E-state index is 5.18. The number of rotatable bonds is 5. The van der Waals surface area contributed by atoms with E-state index in [0.717, 1.165) is 32.0 Å². The number of benzene rings is 1. The van der Waals surface area contributed by atoms with Crippen molar-refractivity contribution in [2.75, 3.05) is 19.6 Å². The average molecular weight is 355 g/mol. The number of aryl methyl sites for hydroxylation is 1. The van der Waals surface area contributed by atoms with Crippen LogP contribution in [0.1, 0.15) is 49.9 Å². The van der Waals surface area contributed by atoms with Crippen LogP contribution in [0.5, 0.6) is 0 Å². The smallest absolute Gasteiger partial charge is 0.248 e. The van der Waals surface area contributed by atoms with Gasteiger partial charge in [-0.15, -0.1) is 0 Å². The topological polar surface area (TPSA) is 66.5 Å². The highest BCUT2D eigenvalue weighted by molar-refractivity contribution is 5.80. The summed E-state index contributed by atoms with van der Waals surface area (Å²) in [6, 6.07) is 10.9. The van der Waals surface area contributed by atoms with E-state index in [9.17, 15) is 0 Å². The molecule has 0 saturated carbocycles. The van der Waals surface area contributed by atoms with Crippen molar-refractivity contribution >= 4 is 5.96 Å². The number of aromatic nitrogens is 2. The molecule has 26 heavy (non-hydrogen) atoms. The van der Waals surface area contributed by atoms with E-state index in [1.165, 1.54) is 12.0 Å². The zero-order valence-electron chi connectivity index (χ0n) is 16.0. The molecule has 0 spiro atoms. The highest BCUT2D eigenvalue weighted by atomic mass is 16.5. The number of hydrogen-bond acceptors (Lipinski definition) is 4. The van der Waals surface area contributed by atoms with Gasteiger partial charge in [0.2, 0.25) is 5.89 Å². The molecule has 0 bridgehead atoms. The molecular formula is C20H29N5O. The van der Waals surface area contributed by atoms with Crippen LogP contribution in [0.2, 0.25) is 0 Å². The van der Waals surface area contributed by atoms with Crippen LogP contribution in [0.15, 0.2) is 39.8 Å². The molecule has 2 heterocycles. The summed E-state index contributed by atoms with van der Waals surface area (Å²) in [5.74, 6) is 3.40. The van der Waals surface area contributed by atoms with E-state index in [2.05, 4.69) is 64.5 Å². The Morgan fingerprint density at radius 3 is 2.77 bits per heavy atom. The molecular weight excluding hydrogens is 326 g/mol. The fraction of sp³-hybridized carbons (Fsp3) is 0.550. The van der Waals surface area contributed by atoms with Crippen LogP contribution in [-0.2, 0) is 6.54 Å². The lowest BCUT2D eigenvalue weighted by atomic mass is 9.79. The Labute approximate surface area is 155 Å². The maximum Gasteiger partial charge on any atom is 0.248 e. The molecule has 140 valence electrons. The van der Waals surface area contributed by atoms with Crippen LogP contribution >= 0.6 is 0 Å². The van der Waals surface area contributed by atoms with Crippen LogP contribution in [0.25, 0.3) is 0 Å². The van der Waals surface area contributed by atoms with Crippen molar-refractivity contribution in [2.45, 2.75) is 46.1 Å². The monoisotopic (exact) mass is 355 g/mol. The summed E-state index contributed by atoms with van der Waals surface area (Å²) in [4.78, 5) is 11.3. The van der Waals surface area contributed by atoms with Gasteiger partial charge in [0.25, 0.3) is 0 Å². The lowest BCUT2D eigenvalue weighted by Crippen LogP contribution is -2.48. The van der Waals surface area contributed by atoms with Crippen LogP contribution in [0.3, 0.4) is 0 Å². The van der Waals surface area contributed by atoms with E-state index in [-0.39, 0.29) is 0 Å². The number of piperidine rings is 1. The third-order valence-corrected chi connectivity index (χ3v) is 5.05. The normalized spacial score (nSPS) is 21.0. The Morgan fingerprint density at radius 1 is 1.31 bits per heavy atom. The fourth-order valence-electron chi connectivity index (χ4n) is 3.75.